The number of carbonyl (C=O) groups is 1. The molecule has 16 heavy (non-hydrogen) atoms. The monoisotopic (exact) mass is 231 g/mol. The number of rotatable bonds is 6. The molecule has 0 bridgehead atoms. The molecule has 1 rings (SSSR count). The lowest BCUT2D eigenvalue weighted by Gasteiger charge is -2.20. The second-order valence-corrected chi connectivity index (χ2v) is 2.99. The minimum atomic E-state index is -2.54. The third-order valence-electron chi connectivity index (χ3n) is 1.81. The van der Waals surface area contributed by atoms with Gasteiger partial charge in [0.15, 0.2) is 6.29 Å². The van der Waals surface area contributed by atoms with E-state index in [0.29, 0.717) is 6.29 Å². The standard InChI is InChI=1S/C9H11F2N3O2/c10-8(11)5-14(1-2-15)9-12-3-7(6-16)4-13-9/h3-4,6,8,15H,1-2,5H2. The molecule has 0 atom stereocenters. The van der Waals surface area contributed by atoms with E-state index in [1.54, 1.807) is 0 Å². The molecule has 0 spiro atoms. The van der Waals surface area contributed by atoms with Gasteiger partial charge in [-0.25, -0.2) is 18.7 Å². The van der Waals surface area contributed by atoms with Gasteiger partial charge in [-0.3, -0.25) is 4.79 Å². The van der Waals surface area contributed by atoms with Gasteiger partial charge in [-0.1, -0.05) is 0 Å². The Morgan fingerprint density at radius 1 is 1.44 bits per heavy atom. The number of aromatic nitrogens is 2. The molecule has 0 radical (unpaired) electrons. The van der Waals surface area contributed by atoms with Crippen molar-refractivity contribution in [2.45, 2.75) is 6.43 Å². The molecule has 5 nitrogen and oxygen atoms in total. The molecule has 1 N–H and O–H groups in total. The minimum absolute atomic E-state index is 0.0186. The van der Waals surface area contributed by atoms with Crippen molar-refractivity contribution in [2.75, 3.05) is 24.6 Å². The summed E-state index contributed by atoms with van der Waals surface area (Å²) in [5.41, 5.74) is 0.268. The lowest BCUT2D eigenvalue weighted by molar-refractivity contribution is 0.112. The zero-order chi connectivity index (χ0) is 12.0. The first-order chi connectivity index (χ1) is 7.67. The first-order valence-electron chi connectivity index (χ1n) is 4.58. The molecule has 0 saturated carbocycles. The highest BCUT2D eigenvalue weighted by molar-refractivity contribution is 5.73. The number of halogens is 2. The Morgan fingerprint density at radius 2 is 2.06 bits per heavy atom. The molecule has 88 valence electrons. The van der Waals surface area contributed by atoms with Crippen LogP contribution in [0.5, 0.6) is 0 Å². The highest BCUT2D eigenvalue weighted by Crippen LogP contribution is 2.08. The number of aldehydes is 1. The van der Waals surface area contributed by atoms with Crippen LogP contribution in [0.4, 0.5) is 14.7 Å². The van der Waals surface area contributed by atoms with Gasteiger partial charge in [0.25, 0.3) is 6.43 Å². The van der Waals surface area contributed by atoms with Crippen molar-refractivity contribution in [3.8, 4) is 0 Å². The second-order valence-electron chi connectivity index (χ2n) is 2.99. The topological polar surface area (TPSA) is 66.3 Å². The Bertz CT molecular complexity index is 332. The third kappa shape index (κ3) is 3.50. The molecule has 1 aromatic heterocycles. The SMILES string of the molecule is O=Cc1cnc(N(CCO)CC(F)F)nc1. The van der Waals surface area contributed by atoms with Crippen LogP contribution in [0.2, 0.25) is 0 Å². The van der Waals surface area contributed by atoms with Crippen LogP contribution in [0, 0.1) is 0 Å². The van der Waals surface area contributed by atoms with Crippen LogP contribution in [-0.2, 0) is 0 Å². The first kappa shape index (κ1) is 12.4. The van der Waals surface area contributed by atoms with E-state index >= 15 is 0 Å². The number of hydrogen-bond donors (Lipinski definition) is 1. The Morgan fingerprint density at radius 3 is 2.50 bits per heavy atom. The number of carbonyl (C=O) groups excluding carboxylic acids is 1. The van der Waals surface area contributed by atoms with Crippen LogP contribution in [0.25, 0.3) is 0 Å². The van der Waals surface area contributed by atoms with Crippen molar-refractivity contribution >= 4 is 12.2 Å². The molecule has 7 heteroatoms. The van der Waals surface area contributed by atoms with E-state index in [0.717, 1.165) is 4.90 Å². The van der Waals surface area contributed by atoms with Crippen molar-refractivity contribution in [1.82, 2.24) is 9.97 Å². The Hall–Kier alpha value is -1.63. The molecular weight excluding hydrogens is 220 g/mol. The van der Waals surface area contributed by atoms with Gasteiger partial charge in [0.1, 0.15) is 0 Å². The zero-order valence-electron chi connectivity index (χ0n) is 8.38. The summed E-state index contributed by atoms with van der Waals surface area (Å²) in [6, 6.07) is 0. The smallest absolute Gasteiger partial charge is 0.255 e. The number of anilines is 1. The van der Waals surface area contributed by atoms with E-state index in [1.165, 1.54) is 12.4 Å². The summed E-state index contributed by atoms with van der Waals surface area (Å²) < 4.78 is 24.4. The maximum absolute atomic E-state index is 12.2. The van der Waals surface area contributed by atoms with E-state index in [1.807, 2.05) is 0 Å². The quantitative estimate of drug-likeness (QED) is 0.716. The van der Waals surface area contributed by atoms with Gasteiger partial charge < -0.3 is 10.0 Å². The van der Waals surface area contributed by atoms with Crippen molar-refractivity contribution in [1.29, 1.82) is 0 Å². The summed E-state index contributed by atoms with van der Waals surface area (Å²) in [5, 5.41) is 8.71. The summed E-state index contributed by atoms with van der Waals surface area (Å²) in [7, 11) is 0. The third-order valence-corrected chi connectivity index (χ3v) is 1.81. The average molecular weight is 231 g/mol. The van der Waals surface area contributed by atoms with Crippen LogP contribution >= 0.6 is 0 Å². The van der Waals surface area contributed by atoms with Gasteiger partial charge in [0, 0.05) is 18.9 Å². The van der Waals surface area contributed by atoms with Crippen LogP contribution in [0.3, 0.4) is 0 Å². The largest absolute Gasteiger partial charge is 0.395 e. The summed E-state index contributed by atoms with van der Waals surface area (Å²) in [6.07, 6.45) is 0.504. The average Bonchev–Trinajstić information content (AvgIpc) is 2.28. The number of alkyl halides is 2. The van der Waals surface area contributed by atoms with E-state index in [9.17, 15) is 13.6 Å². The predicted octanol–water partition coefficient (Wildman–Crippen LogP) is 0.353. The minimum Gasteiger partial charge on any atom is -0.395 e. The maximum atomic E-state index is 12.2. The van der Waals surface area contributed by atoms with Crippen LogP contribution in [-0.4, -0.2) is 47.5 Å². The molecule has 0 aliphatic heterocycles. The molecule has 1 aromatic rings. The van der Waals surface area contributed by atoms with Crippen molar-refractivity contribution in [2.24, 2.45) is 0 Å². The molecule has 0 fully saturated rings. The zero-order valence-corrected chi connectivity index (χ0v) is 8.38. The summed E-state index contributed by atoms with van der Waals surface area (Å²) in [6.45, 7) is -0.808. The van der Waals surface area contributed by atoms with Gasteiger partial charge in [0.2, 0.25) is 5.95 Å². The van der Waals surface area contributed by atoms with Crippen molar-refractivity contribution in [3.63, 3.8) is 0 Å². The van der Waals surface area contributed by atoms with Gasteiger partial charge in [0.05, 0.1) is 18.7 Å². The van der Waals surface area contributed by atoms with Crippen LogP contribution < -0.4 is 4.90 Å². The molecular formula is C9H11F2N3O2. The molecule has 0 aromatic carbocycles. The van der Waals surface area contributed by atoms with Gasteiger partial charge in [-0.2, -0.15) is 0 Å². The van der Waals surface area contributed by atoms with Crippen LogP contribution in [0.1, 0.15) is 10.4 Å². The maximum Gasteiger partial charge on any atom is 0.255 e. The molecule has 0 amide bonds. The summed E-state index contributed by atoms with van der Waals surface area (Å²) in [5.74, 6) is 0.0694. The number of hydrogen-bond acceptors (Lipinski definition) is 5. The molecule has 1 heterocycles. The Kier molecular flexibility index (Phi) is 4.71. The lowest BCUT2D eigenvalue weighted by atomic mass is 10.4. The fraction of sp³-hybridized carbons (Fsp3) is 0.444. The molecule has 0 aliphatic rings. The highest BCUT2D eigenvalue weighted by atomic mass is 19.3. The normalized spacial score (nSPS) is 10.5. The van der Waals surface area contributed by atoms with E-state index in [4.69, 9.17) is 5.11 Å². The fourth-order valence-corrected chi connectivity index (χ4v) is 1.12. The highest BCUT2D eigenvalue weighted by Gasteiger charge is 2.14. The second kappa shape index (κ2) is 6.06. The van der Waals surface area contributed by atoms with E-state index < -0.39 is 13.0 Å². The summed E-state index contributed by atoms with van der Waals surface area (Å²) >= 11 is 0. The van der Waals surface area contributed by atoms with Crippen molar-refractivity contribution in [3.05, 3.63) is 18.0 Å². The van der Waals surface area contributed by atoms with Gasteiger partial charge in [-0.05, 0) is 0 Å². The number of nitrogens with zero attached hydrogens (tertiary/aromatic N) is 3. The first-order valence-corrected chi connectivity index (χ1v) is 4.58. The molecule has 0 saturated heterocycles. The predicted molar refractivity (Wildman–Crippen MR) is 52.7 cm³/mol. The van der Waals surface area contributed by atoms with Crippen molar-refractivity contribution < 1.29 is 18.7 Å². The van der Waals surface area contributed by atoms with E-state index in [2.05, 4.69) is 9.97 Å². The molecule has 0 unspecified atom stereocenters. The fourth-order valence-electron chi connectivity index (χ4n) is 1.12. The molecule has 0 aliphatic carbocycles. The van der Waals surface area contributed by atoms with Crippen LogP contribution in [0.15, 0.2) is 12.4 Å². The lowest BCUT2D eigenvalue weighted by Crippen LogP contribution is -2.33. The summed E-state index contributed by atoms with van der Waals surface area (Å²) in [4.78, 5) is 19.0. The van der Waals surface area contributed by atoms with Gasteiger partial charge in [-0.15, -0.1) is 0 Å². The number of aliphatic hydroxyl groups is 1. The van der Waals surface area contributed by atoms with E-state index in [-0.39, 0.29) is 24.7 Å². The van der Waals surface area contributed by atoms with Gasteiger partial charge >= 0.3 is 0 Å². The Balaban J connectivity index is 2.78. The number of aliphatic hydroxyl groups excluding tert-OH is 1. The Labute approximate surface area is 90.7 Å².